The molecule has 0 N–H and O–H groups in total. The van der Waals surface area contributed by atoms with E-state index in [2.05, 4.69) is 0 Å². The average molecular weight is 389 g/mol. The molecule has 0 saturated carbocycles. The number of rotatable bonds is 7. The summed E-state index contributed by atoms with van der Waals surface area (Å²) in [5.74, 6) is 0.243. The molecule has 1 heterocycles. The zero-order chi connectivity index (χ0) is 19.4. The van der Waals surface area contributed by atoms with E-state index in [4.69, 9.17) is 8.92 Å². The first kappa shape index (κ1) is 19.4. The van der Waals surface area contributed by atoms with Crippen molar-refractivity contribution >= 4 is 16.0 Å². The third kappa shape index (κ3) is 4.67. The van der Waals surface area contributed by atoms with Gasteiger partial charge in [0.15, 0.2) is 0 Å². The van der Waals surface area contributed by atoms with Gasteiger partial charge in [-0.25, -0.2) is 0 Å². The Labute approximate surface area is 159 Å². The highest BCUT2D eigenvalue weighted by atomic mass is 32.2. The smallest absolute Gasteiger partial charge is 0.297 e. The lowest BCUT2D eigenvalue weighted by atomic mass is 10.1. The van der Waals surface area contributed by atoms with Crippen molar-refractivity contribution in [3.05, 3.63) is 59.7 Å². The van der Waals surface area contributed by atoms with Gasteiger partial charge in [0.25, 0.3) is 10.1 Å². The molecule has 2 aromatic rings. The highest BCUT2D eigenvalue weighted by Crippen LogP contribution is 2.23. The second-order valence-corrected chi connectivity index (χ2v) is 8.26. The quantitative estimate of drug-likeness (QED) is 0.681. The van der Waals surface area contributed by atoms with Crippen molar-refractivity contribution in [1.29, 1.82) is 0 Å². The van der Waals surface area contributed by atoms with E-state index in [0.29, 0.717) is 19.5 Å². The van der Waals surface area contributed by atoms with Crippen molar-refractivity contribution in [1.82, 2.24) is 4.90 Å². The Hall–Kier alpha value is -2.38. The summed E-state index contributed by atoms with van der Waals surface area (Å²) >= 11 is 0. The Balaban J connectivity index is 1.58. The van der Waals surface area contributed by atoms with E-state index < -0.39 is 16.0 Å². The number of hydrogen-bond acceptors (Lipinski definition) is 5. The summed E-state index contributed by atoms with van der Waals surface area (Å²) in [7, 11) is -2.26. The molecule has 0 radical (unpaired) electrons. The van der Waals surface area contributed by atoms with Crippen LogP contribution in [0.2, 0.25) is 0 Å². The minimum absolute atomic E-state index is 0.0785. The van der Waals surface area contributed by atoms with E-state index in [1.807, 2.05) is 37.3 Å². The van der Waals surface area contributed by atoms with Crippen molar-refractivity contribution in [2.45, 2.75) is 24.8 Å². The predicted molar refractivity (Wildman–Crippen MR) is 101 cm³/mol. The van der Waals surface area contributed by atoms with E-state index >= 15 is 0 Å². The zero-order valence-corrected chi connectivity index (χ0v) is 16.2. The second-order valence-electron chi connectivity index (χ2n) is 6.65. The fourth-order valence-electron chi connectivity index (χ4n) is 3.08. The first-order chi connectivity index (χ1) is 12.9. The number of amides is 1. The number of ether oxygens (including phenoxy) is 1. The number of carbonyl (C=O) groups is 1. The molecule has 7 heteroatoms. The highest BCUT2D eigenvalue weighted by Gasteiger charge is 2.33. The molecule has 0 aliphatic carbocycles. The van der Waals surface area contributed by atoms with Gasteiger partial charge in [0.2, 0.25) is 5.91 Å². The first-order valence-electron chi connectivity index (χ1n) is 8.77. The summed E-state index contributed by atoms with van der Waals surface area (Å²) in [4.78, 5) is 14.4. The van der Waals surface area contributed by atoms with E-state index in [1.54, 1.807) is 24.1 Å². The maximum absolute atomic E-state index is 12.6. The van der Waals surface area contributed by atoms with E-state index in [1.165, 1.54) is 6.07 Å². The molecule has 0 spiro atoms. The van der Waals surface area contributed by atoms with Crippen molar-refractivity contribution in [3.63, 3.8) is 0 Å². The summed E-state index contributed by atoms with van der Waals surface area (Å²) in [6.07, 6.45) is 0.582. The number of likely N-dealkylation sites (tertiary alicyclic amines) is 1. The lowest BCUT2D eigenvalue weighted by Gasteiger charge is -2.17. The van der Waals surface area contributed by atoms with Crippen LogP contribution in [0.5, 0.6) is 5.75 Å². The molecule has 0 bridgehead atoms. The minimum atomic E-state index is -3.86. The predicted octanol–water partition coefficient (Wildman–Crippen LogP) is 2.76. The molecule has 144 valence electrons. The van der Waals surface area contributed by atoms with Crippen LogP contribution < -0.4 is 4.74 Å². The molecule has 2 aromatic carbocycles. The summed E-state index contributed by atoms with van der Waals surface area (Å²) in [5.41, 5.74) is 1.83. The van der Waals surface area contributed by atoms with Gasteiger partial charge in [-0.15, -0.1) is 0 Å². The van der Waals surface area contributed by atoms with Crippen LogP contribution in [0.1, 0.15) is 17.5 Å². The van der Waals surface area contributed by atoms with E-state index in [9.17, 15) is 13.2 Å². The van der Waals surface area contributed by atoms with Crippen LogP contribution in [0.3, 0.4) is 0 Å². The molecule has 0 aromatic heterocycles. The largest absolute Gasteiger partial charge is 0.497 e. The van der Waals surface area contributed by atoms with Crippen LogP contribution in [0, 0.1) is 12.8 Å². The van der Waals surface area contributed by atoms with Crippen LogP contribution in [0.15, 0.2) is 53.4 Å². The Morgan fingerprint density at radius 3 is 2.56 bits per heavy atom. The summed E-state index contributed by atoms with van der Waals surface area (Å²) in [6, 6.07) is 14.1. The molecule has 1 atom stereocenters. The van der Waals surface area contributed by atoms with Crippen molar-refractivity contribution in [2.75, 3.05) is 20.3 Å². The Kier molecular flexibility index (Phi) is 5.82. The summed E-state index contributed by atoms with van der Waals surface area (Å²) < 4.78 is 34.9. The van der Waals surface area contributed by atoms with Gasteiger partial charge in [-0.2, -0.15) is 8.42 Å². The maximum Gasteiger partial charge on any atom is 0.297 e. The standard InChI is InChI=1S/C20H23NO5S/c1-15-4-3-5-19(12-15)27(23,24)26-14-17-10-11-21(20(17)22)13-16-6-8-18(25-2)9-7-16/h3-9,12,17H,10-11,13-14H2,1-2H3. The van der Waals surface area contributed by atoms with Crippen LogP contribution >= 0.6 is 0 Å². The zero-order valence-electron chi connectivity index (χ0n) is 15.4. The van der Waals surface area contributed by atoms with E-state index in [0.717, 1.165) is 16.9 Å². The lowest BCUT2D eigenvalue weighted by Crippen LogP contribution is -2.29. The Bertz CT molecular complexity index is 908. The van der Waals surface area contributed by atoms with Crippen LogP contribution in [0.4, 0.5) is 0 Å². The van der Waals surface area contributed by atoms with Crippen LogP contribution in [0.25, 0.3) is 0 Å². The van der Waals surface area contributed by atoms with Crippen molar-refractivity contribution in [3.8, 4) is 5.75 Å². The fourth-order valence-corrected chi connectivity index (χ4v) is 4.13. The topological polar surface area (TPSA) is 72.9 Å². The number of carbonyl (C=O) groups excluding carboxylic acids is 1. The number of aryl methyl sites for hydroxylation is 1. The monoisotopic (exact) mass is 389 g/mol. The normalized spacial score (nSPS) is 17.3. The lowest BCUT2D eigenvalue weighted by molar-refractivity contribution is -0.132. The molecular weight excluding hydrogens is 366 g/mol. The molecule has 1 aliphatic rings. The number of nitrogens with zero attached hydrogens (tertiary/aromatic N) is 1. The molecule has 6 nitrogen and oxygen atoms in total. The Morgan fingerprint density at radius 1 is 1.15 bits per heavy atom. The molecule has 1 amide bonds. The van der Waals surface area contributed by atoms with Gasteiger partial charge >= 0.3 is 0 Å². The first-order valence-corrected chi connectivity index (χ1v) is 10.2. The summed E-state index contributed by atoms with van der Waals surface area (Å²) in [5, 5.41) is 0. The molecule has 1 saturated heterocycles. The van der Waals surface area contributed by atoms with Gasteiger partial charge in [0, 0.05) is 13.1 Å². The molecule has 1 aliphatic heterocycles. The van der Waals surface area contributed by atoms with E-state index in [-0.39, 0.29) is 17.4 Å². The summed E-state index contributed by atoms with van der Waals surface area (Å²) in [6.45, 7) is 2.76. The highest BCUT2D eigenvalue weighted by molar-refractivity contribution is 7.86. The molecule has 27 heavy (non-hydrogen) atoms. The van der Waals surface area contributed by atoms with Gasteiger partial charge < -0.3 is 9.64 Å². The number of hydrogen-bond donors (Lipinski definition) is 0. The second kappa shape index (κ2) is 8.10. The maximum atomic E-state index is 12.6. The molecule has 3 rings (SSSR count). The Morgan fingerprint density at radius 2 is 1.89 bits per heavy atom. The average Bonchev–Trinajstić information content (AvgIpc) is 3.00. The number of methoxy groups -OCH3 is 1. The van der Waals surface area contributed by atoms with Gasteiger partial charge in [0.05, 0.1) is 24.5 Å². The van der Waals surface area contributed by atoms with Crippen molar-refractivity contribution in [2.24, 2.45) is 5.92 Å². The van der Waals surface area contributed by atoms with Crippen molar-refractivity contribution < 1.29 is 22.1 Å². The molecule has 1 unspecified atom stereocenters. The van der Waals surface area contributed by atoms with Gasteiger partial charge in [-0.05, 0) is 48.7 Å². The molecule has 1 fully saturated rings. The number of benzene rings is 2. The van der Waals surface area contributed by atoms with Gasteiger partial charge in [-0.3, -0.25) is 8.98 Å². The van der Waals surface area contributed by atoms with Crippen LogP contribution in [-0.4, -0.2) is 39.5 Å². The minimum Gasteiger partial charge on any atom is -0.497 e. The van der Waals surface area contributed by atoms with Gasteiger partial charge in [-0.1, -0.05) is 24.3 Å². The fraction of sp³-hybridized carbons (Fsp3) is 0.350. The third-order valence-electron chi connectivity index (χ3n) is 4.64. The van der Waals surface area contributed by atoms with Gasteiger partial charge in [0.1, 0.15) is 5.75 Å². The molecular formula is C20H23NO5S. The van der Waals surface area contributed by atoms with Crippen LogP contribution in [-0.2, 0) is 25.6 Å². The third-order valence-corrected chi connectivity index (χ3v) is 5.92. The SMILES string of the molecule is COc1ccc(CN2CCC(COS(=O)(=O)c3cccc(C)c3)C2=O)cc1.